The van der Waals surface area contributed by atoms with E-state index in [-0.39, 0.29) is 17.1 Å². The van der Waals surface area contributed by atoms with Gasteiger partial charge in [-0.25, -0.2) is 18.2 Å². The Hall–Kier alpha value is -2.55. The molecule has 1 aliphatic heterocycles. The van der Waals surface area contributed by atoms with Crippen molar-refractivity contribution in [3.05, 3.63) is 59.4 Å². The fraction of sp³-hybridized carbons (Fsp3) is 0.316. The molecule has 0 radical (unpaired) electrons. The number of nitrogens with zero attached hydrogens (tertiary/aromatic N) is 2. The number of amides is 1. The van der Waals surface area contributed by atoms with Gasteiger partial charge in [-0.05, 0) is 49.4 Å². The number of halogens is 3. The highest BCUT2D eigenvalue weighted by atomic mass is 32.2. The number of aliphatic imine (C=N–C) groups is 1. The fourth-order valence-electron chi connectivity index (χ4n) is 3.05. The third-order valence-electron chi connectivity index (χ3n) is 4.76. The smallest absolute Gasteiger partial charge is 0.274 e. The molecular weight excluding hydrogens is 389 g/mol. The van der Waals surface area contributed by atoms with Gasteiger partial charge in [0.15, 0.2) is 0 Å². The van der Waals surface area contributed by atoms with E-state index in [0.717, 1.165) is 12.3 Å². The van der Waals surface area contributed by atoms with Crippen molar-refractivity contribution in [2.75, 3.05) is 18.2 Å². The van der Waals surface area contributed by atoms with Gasteiger partial charge in [0.25, 0.3) is 5.91 Å². The Morgan fingerprint density at radius 2 is 2.14 bits per heavy atom. The quantitative estimate of drug-likeness (QED) is 0.787. The lowest BCUT2D eigenvalue weighted by atomic mass is 9.91. The maximum Gasteiger partial charge on any atom is 0.274 e. The molecule has 9 heteroatoms. The summed E-state index contributed by atoms with van der Waals surface area (Å²) >= 11 is 1.30. The summed E-state index contributed by atoms with van der Waals surface area (Å²) < 4.78 is 39.9. The lowest BCUT2D eigenvalue weighted by Gasteiger charge is -2.34. The van der Waals surface area contributed by atoms with Crippen LogP contribution >= 0.6 is 11.8 Å². The zero-order valence-corrected chi connectivity index (χ0v) is 15.9. The van der Waals surface area contributed by atoms with Crippen LogP contribution in [0, 0.1) is 11.6 Å². The van der Waals surface area contributed by atoms with E-state index in [9.17, 15) is 18.0 Å². The number of benzene rings is 1. The minimum absolute atomic E-state index is 0.0277. The van der Waals surface area contributed by atoms with Gasteiger partial charge in [-0.1, -0.05) is 0 Å². The first kappa shape index (κ1) is 20.2. The molecule has 1 aromatic heterocycles. The standard InChI is InChI=1S/C19H19F3N4OS/c1-28-19(10-20)7-6-15(26-18(19)23)13-8-12(3-4-14(13)22)25-17(27)16-5-2-11(21)9-24-16/h2-5,8-9,15H,6-7,10H2,1H3,(H2,23,26)(H,25,27)/t15?,19-/m0/s1. The molecule has 1 aliphatic rings. The number of alkyl halides is 1. The van der Waals surface area contributed by atoms with Gasteiger partial charge in [0.05, 0.1) is 12.2 Å². The summed E-state index contributed by atoms with van der Waals surface area (Å²) in [5.74, 6) is -1.44. The van der Waals surface area contributed by atoms with E-state index >= 15 is 0 Å². The van der Waals surface area contributed by atoms with Gasteiger partial charge in [-0.15, -0.1) is 11.8 Å². The van der Waals surface area contributed by atoms with Crippen molar-refractivity contribution in [3.63, 3.8) is 0 Å². The zero-order chi connectivity index (χ0) is 20.3. The SMILES string of the molecule is CS[C@]1(CF)CCC(c2cc(NC(=O)c3ccc(F)cn3)ccc2F)N=C1N. The largest absolute Gasteiger partial charge is 0.386 e. The molecule has 5 nitrogen and oxygen atoms in total. The van der Waals surface area contributed by atoms with Crippen molar-refractivity contribution in [3.8, 4) is 0 Å². The molecule has 0 saturated carbocycles. The van der Waals surface area contributed by atoms with Crippen molar-refractivity contribution in [1.29, 1.82) is 0 Å². The van der Waals surface area contributed by atoms with Gasteiger partial charge < -0.3 is 11.1 Å². The summed E-state index contributed by atoms with van der Waals surface area (Å²) in [6, 6.07) is 5.91. The second kappa shape index (κ2) is 8.22. The van der Waals surface area contributed by atoms with Gasteiger partial charge in [0, 0.05) is 11.3 Å². The second-order valence-electron chi connectivity index (χ2n) is 6.45. The molecule has 2 aromatic rings. The molecule has 1 aromatic carbocycles. The Bertz CT molecular complexity index is 901. The third kappa shape index (κ3) is 3.99. The number of rotatable bonds is 5. The number of hydrogen-bond donors (Lipinski definition) is 2. The molecule has 3 rings (SSSR count). The van der Waals surface area contributed by atoms with Crippen LogP contribution < -0.4 is 11.1 Å². The molecular formula is C19H19F3N4OS. The summed E-state index contributed by atoms with van der Waals surface area (Å²) in [5.41, 5.74) is 6.61. The Kier molecular flexibility index (Phi) is 5.93. The zero-order valence-electron chi connectivity index (χ0n) is 15.1. The van der Waals surface area contributed by atoms with E-state index in [0.29, 0.717) is 18.5 Å². The number of carbonyl (C=O) groups is 1. The number of aromatic nitrogens is 1. The molecule has 0 saturated heterocycles. The highest BCUT2D eigenvalue weighted by Gasteiger charge is 2.39. The molecule has 148 valence electrons. The Balaban J connectivity index is 1.83. The molecule has 28 heavy (non-hydrogen) atoms. The normalized spacial score (nSPS) is 21.9. The summed E-state index contributed by atoms with van der Waals surface area (Å²) in [6.45, 7) is -0.639. The van der Waals surface area contributed by atoms with Crippen LogP contribution in [-0.2, 0) is 0 Å². The lowest BCUT2D eigenvalue weighted by molar-refractivity contribution is 0.102. The first-order valence-corrected chi connectivity index (χ1v) is 9.78. The van der Waals surface area contributed by atoms with Crippen LogP contribution in [0.15, 0.2) is 41.5 Å². The Morgan fingerprint density at radius 3 is 2.75 bits per heavy atom. The minimum atomic E-state index is -0.868. The van der Waals surface area contributed by atoms with Gasteiger partial charge in [-0.2, -0.15) is 0 Å². The molecule has 1 unspecified atom stereocenters. The van der Waals surface area contributed by atoms with E-state index in [2.05, 4.69) is 15.3 Å². The summed E-state index contributed by atoms with van der Waals surface area (Å²) in [6.07, 6.45) is 3.56. The average Bonchev–Trinajstić information content (AvgIpc) is 2.70. The van der Waals surface area contributed by atoms with Gasteiger partial charge >= 0.3 is 0 Å². The van der Waals surface area contributed by atoms with Crippen LogP contribution in [0.5, 0.6) is 0 Å². The van der Waals surface area contributed by atoms with E-state index in [4.69, 9.17) is 5.73 Å². The van der Waals surface area contributed by atoms with Crippen LogP contribution in [0.25, 0.3) is 0 Å². The van der Waals surface area contributed by atoms with Crippen molar-refractivity contribution >= 4 is 29.2 Å². The van der Waals surface area contributed by atoms with E-state index in [1.807, 2.05) is 0 Å². The Morgan fingerprint density at radius 1 is 1.36 bits per heavy atom. The summed E-state index contributed by atoms with van der Waals surface area (Å²) in [4.78, 5) is 20.3. The molecule has 0 bridgehead atoms. The minimum Gasteiger partial charge on any atom is -0.386 e. The van der Waals surface area contributed by atoms with E-state index < -0.39 is 35.0 Å². The topological polar surface area (TPSA) is 80.4 Å². The predicted octanol–water partition coefficient (Wildman–Crippen LogP) is 3.88. The average molecular weight is 408 g/mol. The van der Waals surface area contributed by atoms with Crippen molar-refractivity contribution in [1.82, 2.24) is 4.98 Å². The lowest BCUT2D eigenvalue weighted by Crippen LogP contribution is -2.45. The highest BCUT2D eigenvalue weighted by molar-refractivity contribution is 8.00. The Labute approximate surface area is 164 Å². The van der Waals surface area contributed by atoms with Gasteiger partial charge in [0.2, 0.25) is 0 Å². The maximum atomic E-state index is 14.4. The number of thioether (sulfide) groups is 1. The van der Waals surface area contributed by atoms with Crippen LogP contribution in [0.1, 0.15) is 34.9 Å². The van der Waals surface area contributed by atoms with Crippen molar-refractivity contribution in [2.45, 2.75) is 23.6 Å². The monoisotopic (exact) mass is 408 g/mol. The number of anilines is 1. The molecule has 0 aliphatic carbocycles. The molecule has 1 amide bonds. The fourth-order valence-corrected chi connectivity index (χ4v) is 3.74. The second-order valence-corrected chi connectivity index (χ2v) is 7.64. The van der Waals surface area contributed by atoms with Crippen LogP contribution in [0.2, 0.25) is 0 Å². The van der Waals surface area contributed by atoms with Crippen LogP contribution in [-0.4, -0.2) is 34.4 Å². The van der Waals surface area contributed by atoms with Crippen LogP contribution in [0.4, 0.5) is 18.9 Å². The first-order valence-electron chi connectivity index (χ1n) is 8.56. The molecule has 2 heterocycles. The third-order valence-corrected chi connectivity index (χ3v) is 6.07. The number of amidine groups is 1. The highest BCUT2D eigenvalue weighted by Crippen LogP contribution is 2.40. The van der Waals surface area contributed by atoms with Gasteiger partial charge in [0.1, 0.15) is 34.6 Å². The van der Waals surface area contributed by atoms with E-state index in [1.54, 1.807) is 6.26 Å². The van der Waals surface area contributed by atoms with Gasteiger partial charge in [-0.3, -0.25) is 9.79 Å². The number of hydrogen-bond acceptors (Lipinski definition) is 5. The molecule has 3 N–H and O–H groups in total. The molecule has 0 fully saturated rings. The number of carbonyl (C=O) groups excluding carboxylic acids is 1. The molecule has 0 spiro atoms. The summed E-state index contributed by atoms with van der Waals surface area (Å²) in [5, 5.41) is 2.60. The summed E-state index contributed by atoms with van der Waals surface area (Å²) in [7, 11) is 0. The number of nitrogens with one attached hydrogen (secondary N) is 1. The molecule has 2 atom stereocenters. The number of nitrogens with two attached hydrogens (primary N) is 1. The van der Waals surface area contributed by atoms with E-state index in [1.165, 1.54) is 36.0 Å². The maximum absolute atomic E-state index is 14.4. The predicted molar refractivity (Wildman–Crippen MR) is 104 cm³/mol. The number of pyridine rings is 1. The first-order chi connectivity index (χ1) is 13.4. The van der Waals surface area contributed by atoms with Crippen molar-refractivity contribution in [2.24, 2.45) is 10.7 Å². The van der Waals surface area contributed by atoms with Crippen molar-refractivity contribution < 1.29 is 18.0 Å². The van der Waals surface area contributed by atoms with Crippen LogP contribution in [0.3, 0.4) is 0 Å².